The predicted octanol–water partition coefficient (Wildman–Crippen LogP) is 15.2. The summed E-state index contributed by atoms with van der Waals surface area (Å²) in [6.45, 7) is 4.60. The molecule has 1 aliphatic carbocycles. The van der Waals surface area contributed by atoms with Crippen molar-refractivity contribution < 1.29 is 0 Å². The molecular formula is C58H45N. The highest BCUT2D eigenvalue weighted by Crippen LogP contribution is 2.59. The van der Waals surface area contributed by atoms with Gasteiger partial charge in [-0.05, 0) is 91.5 Å². The summed E-state index contributed by atoms with van der Waals surface area (Å²) in [6.07, 6.45) is 0. The fourth-order valence-corrected chi connectivity index (χ4v) is 9.42. The van der Waals surface area contributed by atoms with Gasteiger partial charge < -0.3 is 4.90 Å². The molecule has 0 heterocycles. The van der Waals surface area contributed by atoms with Crippen molar-refractivity contribution in [2.75, 3.05) is 4.90 Å². The number of hydrogen-bond acceptors (Lipinski definition) is 1. The Morgan fingerprint density at radius 2 is 0.746 bits per heavy atom. The minimum absolute atomic E-state index is 0.0899. The Labute approximate surface area is 348 Å². The molecule has 9 aromatic rings. The van der Waals surface area contributed by atoms with E-state index in [4.69, 9.17) is 0 Å². The predicted molar refractivity (Wildman–Crippen MR) is 248 cm³/mol. The summed E-state index contributed by atoms with van der Waals surface area (Å²) >= 11 is 0. The number of anilines is 3. The maximum absolute atomic E-state index is 2.45. The van der Waals surface area contributed by atoms with Crippen molar-refractivity contribution in [2.45, 2.75) is 24.7 Å². The van der Waals surface area contributed by atoms with E-state index in [1.54, 1.807) is 0 Å². The first-order valence-corrected chi connectivity index (χ1v) is 20.6. The molecule has 0 aliphatic heterocycles. The monoisotopic (exact) mass is 755 g/mol. The van der Waals surface area contributed by atoms with E-state index in [1.807, 2.05) is 0 Å². The summed E-state index contributed by atoms with van der Waals surface area (Å²) in [6, 6.07) is 86.6. The molecule has 0 unspecified atom stereocenters. The van der Waals surface area contributed by atoms with Gasteiger partial charge in [0.15, 0.2) is 0 Å². The van der Waals surface area contributed by atoms with Crippen LogP contribution in [0, 0.1) is 0 Å². The molecule has 0 N–H and O–H groups in total. The van der Waals surface area contributed by atoms with E-state index in [2.05, 4.69) is 255 Å². The quantitative estimate of drug-likeness (QED) is 0.142. The molecule has 59 heavy (non-hydrogen) atoms. The highest BCUT2D eigenvalue weighted by molar-refractivity contribution is 5.97. The number of benzene rings is 9. The van der Waals surface area contributed by atoms with Gasteiger partial charge in [0.05, 0.1) is 11.1 Å². The zero-order chi connectivity index (χ0) is 39.8. The Kier molecular flexibility index (Phi) is 9.15. The molecule has 0 fully saturated rings. The minimum Gasteiger partial charge on any atom is -0.310 e. The van der Waals surface area contributed by atoms with Crippen LogP contribution in [0.15, 0.2) is 237 Å². The zero-order valence-electron chi connectivity index (χ0n) is 33.5. The summed E-state index contributed by atoms with van der Waals surface area (Å²) in [5, 5.41) is 0. The lowest BCUT2D eigenvalue weighted by Gasteiger charge is -2.34. The van der Waals surface area contributed by atoms with E-state index in [0.717, 1.165) is 17.1 Å². The van der Waals surface area contributed by atoms with E-state index < -0.39 is 5.41 Å². The first-order chi connectivity index (χ1) is 29.0. The Balaban J connectivity index is 1.12. The molecule has 282 valence electrons. The molecule has 0 atom stereocenters. The van der Waals surface area contributed by atoms with Crippen molar-refractivity contribution in [1.29, 1.82) is 0 Å². The average molecular weight is 756 g/mol. The fraction of sp³-hybridized carbons (Fsp3) is 0.0690. The largest absolute Gasteiger partial charge is 0.310 e. The highest BCUT2D eigenvalue weighted by Gasteiger charge is 2.47. The smallest absolute Gasteiger partial charge is 0.0714 e. The van der Waals surface area contributed by atoms with Crippen LogP contribution in [0.5, 0.6) is 0 Å². The van der Waals surface area contributed by atoms with Crippen molar-refractivity contribution >= 4 is 17.1 Å². The second-order valence-corrected chi connectivity index (χ2v) is 16.1. The molecule has 1 aliphatic rings. The Bertz CT molecular complexity index is 2800. The van der Waals surface area contributed by atoms with Crippen LogP contribution in [0.4, 0.5) is 17.1 Å². The van der Waals surface area contributed by atoms with Crippen LogP contribution in [-0.4, -0.2) is 0 Å². The molecule has 0 spiro atoms. The lowest BCUT2D eigenvalue weighted by atomic mass is 9.68. The molecule has 0 radical (unpaired) electrons. The minimum atomic E-state index is -0.488. The Morgan fingerprint density at radius 1 is 0.339 bits per heavy atom. The summed E-state index contributed by atoms with van der Waals surface area (Å²) in [7, 11) is 0. The maximum atomic E-state index is 2.45. The van der Waals surface area contributed by atoms with Crippen LogP contribution in [0.1, 0.15) is 47.2 Å². The molecule has 10 rings (SSSR count). The van der Waals surface area contributed by atoms with Gasteiger partial charge in [0, 0.05) is 22.4 Å². The van der Waals surface area contributed by atoms with Crippen molar-refractivity contribution in [3.8, 4) is 33.4 Å². The van der Waals surface area contributed by atoms with Gasteiger partial charge >= 0.3 is 0 Å². The van der Waals surface area contributed by atoms with Gasteiger partial charge in [-0.3, -0.25) is 0 Å². The number of hydrogen-bond donors (Lipinski definition) is 0. The SMILES string of the molecule is CC(C)(c1ccccc1)c1ccc(-c2ccc(N(c3ccc(-c4ccccc4)cc3)c3cccc4c3-c3ccccc3C4(c3ccccc3)c3ccccc3)cc2)cc1. The molecule has 0 saturated carbocycles. The number of fused-ring (bicyclic) bond motifs is 3. The van der Waals surface area contributed by atoms with Crippen LogP contribution in [0.3, 0.4) is 0 Å². The van der Waals surface area contributed by atoms with Crippen LogP contribution in [0.2, 0.25) is 0 Å². The van der Waals surface area contributed by atoms with E-state index >= 15 is 0 Å². The Morgan fingerprint density at radius 3 is 1.29 bits per heavy atom. The summed E-state index contributed by atoms with van der Waals surface area (Å²) < 4.78 is 0. The molecule has 0 bridgehead atoms. The van der Waals surface area contributed by atoms with E-state index in [0.29, 0.717) is 0 Å². The standard InChI is InChI=1S/C58H45N/c1-57(2,46-20-9-4-10-21-46)47-36-30-43(31-37-47)45-34-40-51(41-35-45)59(50-38-32-44(33-39-50)42-18-7-3-8-19-42)55-29-17-28-54-56(55)52-26-15-16-27-53(52)58(54,48-22-11-5-12-23-48)49-24-13-6-14-25-49/h3-41H,1-2H3. The third kappa shape index (κ3) is 6.18. The van der Waals surface area contributed by atoms with Gasteiger partial charge in [-0.2, -0.15) is 0 Å². The average Bonchev–Trinajstić information content (AvgIpc) is 3.62. The molecule has 0 amide bonds. The van der Waals surface area contributed by atoms with Gasteiger partial charge in [0.2, 0.25) is 0 Å². The van der Waals surface area contributed by atoms with Crippen LogP contribution in [0.25, 0.3) is 33.4 Å². The number of rotatable bonds is 9. The summed E-state index contributed by atoms with van der Waals surface area (Å²) in [4.78, 5) is 2.45. The van der Waals surface area contributed by atoms with E-state index in [1.165, 1.54) is 66.8 Å². The summed E-state index contributed by atoms with van der Waals surface area (Å²) in [5.74, 6) is 0. The first kappa shape index (κ1) is 36.1. The van der Waals surface area contributed by atoms with Crippen molar-refractivity contribution in [3.63, 3.8) is 0 Å². The fourth-order valence-electron chi connectivity index (χ4n) is 9.42. The van der Waals surface area contributed by atoms with Crippen LogP contribution < -0.4 is 4.90 Å². The van der Waals surface area contributed by atoms with Gasteiger partial charge in [0.1, 0.15) is 0 Å². The molecule has 9 aromatic carbocycles. The maximum Gasteiger partial charge on any atom is 0.0714 e. The number of nitrogens with zero attached hydrogens (tertiary/aromatic N) is 1. The van der Waals surface area contributed by atoms with Gasteiger partial charge in [-0.25, -0.2) is 0 Å². The van der Waals surface area contributed by atoms with Crippen molar-refractivity contribution in [3.05, 3.63) is 270 Å². The normalized spacial score (nSPS) is 12.7. The molecular weight excluding hydrogens is 711 g/mol. The molecule has 0 aromatic heterocycles. The van der Waals surface area contributed by atoms with Gasteiger partial charge in [-0.1, -0.05) is 220 Å². The molecule has 1 heteroatoms. The Hall–Kier alpha value is -7.22. The summed E-state index contributed by atoms with van der Waals surface area (Å²) in [5.41, 5.74) is 17.8. The van der Waals surface area contributed by atoms with Crippen molar-refractivity contribution in [1.82, 2.24) is 0 Å². The van der Waals surface area contributed by atoms with E-state index in [9.17, 15) is 0 Å². The van der Waals surface area contributed by atoms with E-state index in [-0.39, 0.29) is 5.41 Å². The first-order valence-electron chi connectivity index (χ1n) is 20.6. The third-order valence-corrected chi connectivity index (χ3v) is 12.5. The van der Waals surface area contributed by atoms with Crippen molar-refractivity contribution in [2.24, 2.45) is 0 Å². The lowest BCUT2D eigenvalue weighted by molar-refractivity contribution is 0.641. The lowest BCUT2D eigenvalue weighted by Crippen LogP contribution is -2.28. The third-order valence-electron chi connectivity index (χ3n) is 12.5. The molecule has 0 saturated heterocycles. The topological polar surface area (TPSA) is 3.24 Å². The van der Waals surface area contributed by atoms with Crippen LogP contribution in [-0.2, 0) is 10.8 Å². The molecule has 1 nitrogen and oxygen atoms in total. The second-order valence-electron chi connectivity index (χ2n) is 16.1. The van der Waals surface area contributed by atoms with Gasteiger partial charge in [-0.15, -0.1) is 0 Å². The zero-order valence-corrected chi connectivity index (χ0v) is 33.5. The second kappa shape index (κ2) is 14.9. The van der Waals surface area contributed by atoms with Crippen LogP contribution >= 0.6 is 0 Å². The van der Waals surface area contributed by atoms with Gasteiger partial charge in [0.25, 0.3) is 0 Å². The highest BCUT2D eigenvalue weighted by atomic mass is 15.1.